The Bertz CT molecular complexity index is 875. The number of hydrogen-bond acceptors (Lipinski definition) is 5. The average Bonchev–Trinajstić information content (AvgIpc) is 2.65. The van der Waals surface area contributed by atoms with Gasteiger partial charge in [0.25, 0.3) is 5.69 Å². The van der Waals surface area contributed by atoms with Crippen molar-refractivity contribution in [1.29, 1.82) is 0 Å². The summed E-state index contributed by atoms with van der Waals surface area (Å²) in [6.07, 6.45) is 0. The smallest absolute Gasteiger partial charge is 0.295 e. The van der Waals surface area contributed by atoms with E-state index in [1.165, 1.54) is 12.1 Å². The molecule has 3 rings (SSSR count). The number of rotatable bonds is 5. The number of nitrogens with zero attached hydrogens (tertiary/aromatic N) is 3. The van der Waals surface area contributed by atoms with Crippen molar-refractivity contribution in [1.82, 2.24) is 4.90 Å². The Kier molecular flexibility index (Phi) is 5.89. The predicted octanol–water partition coefficient (Wildman–Crippen LogP) is 3.11. The van der Waals surface area contributed by atoms with E-state index in [1.54, 1.807) is 0 Å². The van der Waals surface area contributed by atoms with Gasteiger partial charge in [-0.1, -0.05) is 18.2 Å². The maximum absolute atomic E-state index is 13.3. The van der Waals surface area contributed by atoms with E-state index in [1.807, 2.05) is 41.8 Å². The molecular formula is C20H23FN4O3. The minimum atomic E-state index is -0.628. The van der Waals surface area contributed by atoms with Crippen LogP contribution in [0.15, 0.2) is 36.4 Å². The van der Waals surface area contributed by atoms with Gasteiger partial charge in [-0.25, -0.2) is 4.39 Å². The Morgan fingerprint density at radius 3 is 2.39 bits per heavy atom. The summed E-state index contributed by atoms with van der Waals surface area (Å²) in [6, 6.07) is 9.48. The summed E-state index contributed by atoms with van der Waals surface area (Å²) in [5, 5.41) is 14.2. The van der Waals surface area contributed by atoms with E-state index in [0.29, 0.717) is 31.9 Å². The molecule has 2 aromatic rings. The molecular weight excluding hydrogens is 363 g/mol. The van der Waals surface area contributed by atoms with Crippen molar-refractivity contribution in [2.45, 2.75) is 13.8 Å². The number of hydrogen-bond donors (Lipinski definition) is 1. The fourth-order valence-corrected chi connectivity index (χ4v) is 3.45. The molecule has 1 heterocycles. The highest BCUT2D eigenvalue weighted by atomic mass is 19.1. The number of amides is 1. The molecule has 148 valence electrons. The quantitative estimate of drug-likeness (QED) is 0.631. The summed E-state index contributed by atoms with van der Waals surface area (Å²) < 4.78 is 13.3. The molecule has 0 aliphatic carbocycles. The van der Waals surface area contributed by atoms with Crippen LogP contribution in [-0.2, 0) is 4.79 Å². The van der Waals surface area contributed by atoms with Gasteiger partial charge in [-0.15, -0.1) is 0 Å². The van der Waals surface area contributed by atoms with Gasteiger partial charge in [-0.05, 0) is 37.1 Å². The zero-order valence-corrected chi connectivity index (χ0v) is 15.9. The Morgan fingerprint density at radius 1 is 1.14 bits per heavy atom. The first kappa shape index (κ1) is 19.8. The first-order chi connectivity index (χ1) is 13.3. The van der Waals surface area contributed by atoms with E-state index in [-0.39, 0.29) is 18.1 Å². The number of anilines is 2. The van der Waals surface area contributed by atoms with Gasteiger partial charge in [0.15, 0.2) is 0 Å². The number of aryl methyl sites for hydroxylation is 2. The molecule has 8 heteroatoms. The SMILES string of the molecule is Cc1cccc(C)c1NC(=O)CN1CCN(c2ccc(F)cc2[N+](=O)[O-])CC1. The zero-order valence-electron chi connectivity index (χ0n) is 15.9. The Balaban J connectivity index is 1.59. The molecule has 0 aromatic heterocycles. The lowest BCUT2D eigenvalue weighted by molar-refractivity contribution is -0.384. The molecule has 1 aliphatic rings. The second kappa shape index (κ2) is 8.35. The molecule has 1 N–H and O–H groups in total. The van der Waals surface area contributed by atoms with Crippen LogP contribution in [0.1, 0.15) is 11.1 Å². The van der Waals surface area contributed by atoms with Gasteiger partial charge in [-0.2, -0.15) is 0 Å². The second-order valence-electron chi connectivity index (χ2n) is 6.97. The molecule has 1 fully saturated rings. The van der Waals surface area contributed by atoms with E-state index in [2.05, 4.69) is 5.32 Å². The maximum Gasteiger partial charge on any atom is 0.295 e. The van der Waals surface area contributed by atoms with E-state index >= 15 is 0 Å². The van der Waals surface area contributed by atoms with Gasteiger partial charge in [-0.3, -0.25) is 19.8 Å². The lowest BCUT2D eigenvalue weighted by atomic mass is 10.1. The minimum Gasteiger partial charge on any atom is -0.363 e. The highest BCUT2D eigenvalue weighted by Crippen LogP contribution is 2.29. The molecule has 0 atom stereocenters. The van der Waals surface area contributed by atoms with Crippen LogP contribution in [0.2, 0.25) is 0 Å². The molecule has 0 saturated carbocycles. The lowest BCUT2D eigenvalue weighted by Crippen LogP contribution is -2.48. The number of carbonyl (C=O) groups is 1. The molecule has 0 spiro atoms. The monoisotopic (exact) mass is 386 g/mol. The third-order valence-corrected chi connectivity index (χ3v) is 4.96. The van der Waals surface area contributed by atoms with Crippen molar-refractivity contribution in [3.05, 3.63) is 63.5 Å². The second-order valence-corrected chi connectivity index (χ2v) is 6.97. The molecule has 2 aromatic carbocycles. The zero-order chi connectivity index (χ0) is 20.3. The van der Waals surface area contributed by atoms with E-state index in [4.69, 9.17) is 0 Å². The van der Waals surface area contributed by atoms with Crippen molar-refractivity contribution in [3.63, 3.8) is 0 Å². The van der Waals surface area contributed by atoms with Gasteiger partial charge >= 0.3 is 0 Å². The maximum atomic E-state index is 13.3. The van der Waals surface area contributed by atoms with Crippen LogP contribution in [0.4, 0.5) is 21.5 Å². The third kappa shape index (κ3) is 4.45. The van der Waals surface area contributed by atoms with Gasteiger partial charge in [0, 0.05) is 31.9 Å². The summed E-state index contributed by atoms with van der Waals surface area (Å²) in [7, 11) is 0. The molecule has 1 amide bonds. The van der Waals surface area contributed by atoms with Crippen LogP contribution in [0.3, 0.4) is 0 Å². The van der Waals surface area contributed by atoms with Crippen molar-refractivity contribution in [2.75, 3.05) is 42.9 Å². The highest BCUT2D eigenvalue weighted by molar-refractivity contribution is 5.93. The first-order valence-electron chi connectivity index (χ1n) is 9.12. The Hall–Kier alpha value is -3.00. The molecule has 0 radical (unpaired) electrons. The summed E-state index contributed by atoms with van der Waals surface area (Å²) in [5.74, 6) is -0.712. The summed E-state index contributed by atoms with van der Waals surface area (Å²) in [6.45, 7) is 6.41. The number of nitro groups is 1. The standard InChI is InChI=1S/C20H23FN4O3/c1-14-4-3-5-15(2)20(14)22-19(26)13-23-8-10-24(11-9-23)17-7-6-16(21)12-18(17)25(27)28/h3-7,12H,8-11,13H2,1-2H3,(H,22,26). The summed E-state index contributed by atoms with van der Waals surface area (Å²) in [4.78, 5) is 26.9. The van der Waals surface area contributed by atoms with Crippen molar-refractivity contribution >= 4 is 23.0 Å². The lowest BCUT2D eigenvalue weighted by Gasteiger charge is -2.35. The molecule has 0 bridgehead atoms. The van der Waals surface area contributed by atoms with Crippen LogP contribution >= 0.6 is 0 Å². The van der Waals surface area contributed by atoms with Crippen molar-refractivity contribution in [3.8, 4) is 0 Å². The molecule has 28 heavy (non-hydrogen) atoms. The van der Waals surface area contributed by atoms with Gasteiger partial charge < -0.3 is 10.2 Å². The Morgan fingerprint density at radius 2 is 1.79 bits per heavy atom. The number of carbonyl (C=O) groups excluding carboxylic acids is 1. The largest absolute Gasteiger partial charge is 0.363 e. The average molecular weight is 386 g/mol. The van der Waals surface area contributed by atoms with Crippen molar-refractivity contribution in [2.24, 2.45) is 0 Å². The fraction of sp³-hybridized carbons (Fsp3) is 0.350. The van der Waals surface area contributed by atoms with Crippen LogP contribution in [0, 0.1) is 29.8 Å². The first-order valence-corrected chi connectivity index (χ1v) is 9.12. The molecule has 1 aliphatic heterocycles. The number of para-hydroxylation sites is 1. The topological polar surface area (TPSA) is 78.7 Å². The minimum absolute atomic E-state index is 0.0846. The van der Waals surface area contributed by atoms with Crippen LogP contribution < -0.4 is 10.2 Å². The predicted molar refractivity (Wildman–Crippen MR) is 106 cm³/mol. The van der Waals surface area contributed by atoms with Crippen LogP contribution in [0.25, 0.3) is 0 Å². The molecule has 1 saturated heterocycles. The number of benzene rings is 2. The number of halogens is 1. The Labute approximate surface area is 162 Å². The summed E-state index contributed by atoms with van der Waals surface area (Å²) >= 11 is 0. The van der Waals surface area contributed by atoms with Gasteiger partial charge in [0.05, 0.1) is 17.5 Å². The number of piperazine rings is 1. The normalized spacial score (nSPS) is 14.8. The van der Waals surface area contributed by atoms with Crippen molar-refractivity contribution < 1.29 is 14.1 Å². The van der Waals surface area contributed by atoms with Gasteiger partial charge in [0.1, 0.15) is 11.5 Å². The number of nitrogens with one attached hydrogen (secondary N) is 1. The fourth-order valence-electron chi connectivity index (χ4n) is 3.45. The van der Waals surface area contributed by atoms with Crippen LogP contribution in [0.5, 0.6) is 0 Å². The van der Waals surface area contributed by atoms with Gasteiger partial charge in [0.2, 0.25) is 5.91 Å². The molecule has 7 nitrogen and oxygen atoms in total. The van der Waals surface area contributed by atoms with E-state index < -0.39 is 10.7 Å². The van der Waals surface area contributed by atoms with E-state index in [9.17, 15) is 19.3 Å². The van der Waals surface area contributed by atoms with E-state index in [0.717, 1.165) is 22.9 Å². The number of nitro benzene ring substituents is 1. The summed E-state index contributed by atoms with van der Waals surface area (Å²) in [5.41, 5.74) is 3.05. The highest BCUT2D eigenvalue weighted by Gasteiger charge is 2.25. The van der Waals surface area contributed by atoms with Crippen LogP contribution in [-0.4, -0.2) is 48.5 Å². The molecule has 0 unspecified atom stereocenters. The third-order valence-electron chi connectivity index (χ3n) is 4.96.